The molecule has 5 heteroatoms. The van der Waals surface area contributed by atoms with Crippen molar-refractivity contribution in [1.82, 2.24) is 0 Å². The molecule has 0 amide bonds. The molecule has 12 heavy (non-hydrogen) atoms. The van der Waals surface area contributed by atoms with Gasteiger partial charge in [0, 0.05) is 11.5 Å². The van der Waals surface area contributed by atoms with Gasteiger partial charge in [-0.2, -0.15) is 0 Å². The van der Waals surface area contributed by atoms with Gasteiger partial charge in [0.15, 0.2) is 11.1 Å². The Labute approximate surface area is 85.0 Å². The zero-order valence-electron chi connectivity index (χ0n) is 7.32. The smallest absolute Gasteiger partial charge is 0.152 e. The molecule has 2 nitrogen and oxygen atoms in total. The van der Waals surface area contributed by atoms with Crippen LogP contribution in [0.4, 0.5) is 0 Å². The predicted octanol–water partition coefficient (Wildman–Crippen LogP) is 2.78. The minimum absolute atomic E-state index is 0.418. The van der Waals surface area contributed by atoms with Gasteiger partial charge in [-0.25, -0.2) is 4.21 Å². The number of hydrogen-bond acceptors (Lipinski definition) is 3. The summed E-state index contributed by atoms with van der Waals surface area (Å²) < 4.78 is 18.7. The number of rotatable bonds is 8. The maximum Gasteiger partial charge on any atom is 0.152 e. The second kappa shape index (κ2) is 9.89. The Bertz CT molecular complexity index is 119. The zero-order chi connectivity index (χ0) is 9.23. The van der Waals surface area contributed by atoms with Crippen LogP contribution in [0.15, 0.2) is 0 Å². The van der Waals surface area contributed by atoms with E-state index in [4.69, 9.17) is 4.55 Å². The van der Waals surface area contributed by atoms with Gasteiger partial charge in [-0.1, -0.05) is 34.9 Å². The lowest BCUT2D eigenvalue weighted by Crippen LogP contribution is -1.95. The Hall–Kier alpha value is 0.810. The highest BCUT2D eigenvalue weighted by Gasteiger charge is 1.94. The van der Waals surface area contributed by atoms with E-state index in [-0.39, 0.29) is 0 Å². The van der Waals surface area contributed by atoms with Crippen molar-refractivity contribution in [2.24, 2.45) is 0 Å². The normalized spacial score (nSPS) is 13.2. The van der Waals surface area contributed by atoms with Crippen molar-refractivity contribution < 1.29 is 8.76 Å². The van der Waals surface area contributed by atoms with Gasteiger partial charge in [0.2, 0.25) is 0 Å². The van der Waals surface area contributed by atoms with Crippen LogP contribution in [0.25, 0.3) is 0 Å². The first-order valence-electron chi connectivity index (χ1n) is 4.09. The predicted molar refractivity (Wildman–Crippen MR) is 60.1 cm³/mol. The average molecular weight is 228 g/mol. The standard InChI is InChI=1S/C7H16O2S3/c1-2-3-5-10-11-6-4-7-12(8)9/h2-7H2,1H3,(H,8,9). The van der Waals surface area contributed by atoms with Crippen LogP contribution in [-0.2, 0) is 11.1 Å². The molecule has 0 rings (SSSR count). The largest absolute Gasteiger partial charge is 0.306 e. The molecule has 0 fully saturated rings. The molecule has 0 heterocycles. The van der Waals surface area contributed by atoms with E-state index in [1.165, 1.54) is 18.6 Å². The van der Waals surface area contributed by atoms with E-state index in [0.29, 0.717) is 5.75 Å². The van der Waals surface area contributed by atoms with Crippen LogP contribution in [0.3, 0.4) is 0 Å². The molecule has 0 aliphatic rings. The maximum atomic E-state index is 10.2. The molecule has 0 radical (unpaired) electrons. The Morgan fingerprint density at radius 3 is 2.33 bits per heavy atom. The molecule has 0 saturated carbocycles. The summed E-state index contributed by atoms with van der Waals surface area (Å²) >= 11 is -1.60. The van der Waals surface area contributed by atoms with E-state index in [0.717, 1.165) is 12.2 Å². The fourth-order valence-electron chi connectivity index (χ4n) is 0.562. The van der Waals surface area contributed by atoms with E-state index < -0.39 is 11.1 Å². The van der Waals surface area contributed by atoms with E-state index in [1.54, 1.807) is 10.8 Å². The van der Waals surface area contributed by atoms with Gasteiger partial charge in [-0.15, -0.1) is 0 Å². The first kappa shape index (κ1) is 12.8. The molecule has 0 aromatic rings. The van der Waals surface area contributed by atoms with Gasteiger partial charge in [0.1, 0.15) is 0 Å². The maximum absolute atomic E-state index is 10.2. The summed E-state index contributed by atoms with van der Waals surface area (Å²) in [6, 6.07) is 0. The Kier molecular flexibility index (Phi) is 10.6. The number of unbranched alkanes of at least 4 members (excludes halogenated alkanes) is 1. The third-order valence-corrected chi connectivity index (χ3v) is 4.43. The van der Waals surface area contributed by atoms with Crippen molar-refractivity contribution in [3.8, 4) is 0 Å². The van der Waals surface area contributed by atoms with E-state index in [1.807, 2.05) is 10.8 Å². The van der Waals surface area contributed by atoms with Gasteiger partial charge in [-0.05, 0) is 12.8 Å². The SMILES string of the molecule is CCCCSSCCCS(=O)O. The summed E-state index contributed by atoms with van der Waals surface area (Å²) in [5.41, 5.74) is 0. The first-order valence-corrected chi connectivity index (χ1v) is 7.85. The third kappa shape index (κ3) is 10.8. The summed E-state index contributed by atoms with van der Waals surface area (Å²) in [6.07, 6.45) is 3.35. The molecule has 0 aromatic heterocycles. The van der Waals surface area contributed by atoms with Gasteiger partial charge >= 0.3 is 0 Å². The summed E-state index contributed by atoms with van der Waals surface area (Å²) in [5.74, 6) is 2.60. The summed E-state index contributed by atoms with van der Waals surface area (Å²) in [4.78, 5) is 0. The van der Waals surface area contributed by atoms with Gasteiger partial charge in [0.25, 0.3) is 0 Å². The fourth-order valence-corrected chi connectivity index (χ4v) is 3.46. The van der Waals surface area contributed by atoms with Crippen LogP contribution < -0.4 is 0 Å². The van der Waals surface area contributed by atoms with Crippen molar-refractivity contribution in [2.75, 3.05) is 17.3 Å². The number of hydrogen-bond donors (Lipinski definition) is 1. The lowest BCUT2D eigenvalue weighted by Gasteiger charge is -1.98. The molecule has 1 unspecified atom stereocenters. The molecule has 0 aliphatic heterocycles. The highest BCUT2D eigenvalue weighted by atomic mass is 33.1. The van der Waals surface area contributed by atoms with Crippen LogP contribution in [0.5, 0.6) is 0 Å². The molecule has 1 atom stereocenters. The second-order valence-corrected chi connectivity index (χ2v) is 6.13. The van der Waals surface area contributed by atoms with Crippen LogP contribution in [-0.4, -0.2) is 26.0 Å². The molecule has 0 saturated heterocycles. The van der Waals surface area contributed by atoms with Gasteiger partial charge < -0.3 is 4.55 Å². The molecule has 0 bridgehead atoms. The van der Waals surface area contributed by atoms with Crippen molar-refractivity contribution in [3.05, 3.63) is 0 Å². The third-order valence-electron chi connectivity index (χ3n) is 1.21. The minimum Gasteiger partial charge on any atom is -0.306 e. The molecule has 74 valence electrons. The van der Waals surface area contributed by atoms with Crippen LogP contribution in [0, 0.1) is 0 Å². The topological polar surface area (TPSA) is 37.3 Å². The quantitative estimate of drug-likeness (QED) is 0.394. The Morgan fingerprint density at radius 2 is 1.83 bits per heavy atom. The minimum atomic E-state index is -1.60. The molecular formula is C7H16O2S3. The van der Waals surface area contributed by atoms with E-state index in [2.05, 4.69) is 6.92 Å². The van der Waals surface area contributed by atoms with E-state index in [9.17, 15) is 4.21 Å². The molecular weight excluding hydrogens is 212 g/mol. The van der Waals surface area contributed by atoms with Crippen LogP contribution >= 0.6 is 21.6 Å². The second-order valence-electron chi connectivity index (χ2n) is 2.38. The lowest BCUT2D eigenvalue weighted by molar-refractivity contribution is 0.563. The molecule has 0 aromatic carbocycles. The lowest BCUT2D eigenvalue weighted by atomic mass is 10.4. The summed E-state index contributed by atoms with van der Waals surface area (Å²) in [7, 11) is 3.67. The van der Waals surface area contributed by atoms with Crippen molar-refractivity contribution in [2.45, 2.75) is 26.2 Å². The monoisotopic (exact) mass is 228 g/mol. The van der Waals surface area contributed by atoms with Crippen molar-refractivity contribution in [3.63, 3.8) is 0 Å². The van der Waals surface area contributed by atoms with Crippen LogP contribution in [0.2, 0.25) is 0 Å². The molecule has 0 spiro atoms. The Morgan fingerprint density at radius 1 is 1.25 bits per heavy atom. The highest BCUT2D eigenvalue weighted by Crippen LogP contribution is 2.22. The van der Waals surface area contributed by atoms with Crippen molar-refractivity contribution in [1.29, 1.82) is 0 Å². The zero-order valence-corrected chi connectivity index (χ0v) is 9.77. The fraction of sp³-hybridized carbons (Fsp3) is 1.00. The average Bonchev–Trinajstić information content (AvgIpc) is 2.02. The van der Waals surface area contributed by atoms with E-state index >= 15 is 0 Å². The molecule has 0 aliphatic carbocycles. The highest BCUT2D eigenvalue weighted by molar-refractivity contribution is 8.76. The van der Waals surface area contributed by atoms with Crippen LogP contribution in [0.1, 0.15) is 26.2 Å². The summed E-state index contributed by atoms with van der Waals surface area (Å²) in [6.45, 7) is 2.18. The van der Waals surface area contributed by atoms with Gasteiger partial charge in [0.05, 0.1) is 5.75 Å². The molecule has 1 N–H and O–H groups in total. The van der Waals surface area contributed by atoms with Crippen molar-refractivity contribution >= 4 is 32.7 Å². The first-order chi connectivity index (χ1) is 5.77. The summed E-state index contributed by atoms with van der Waals surface area (Å²) in [5, 5.41) is 0. The van der Waals surface area contributed by atoms with Gasteiger partial charge in [-0.3, -0.25) is 0 Å². The Balaban J connectivity index is 2.86.